The summed E-state index contributed by atoms with van der Waals surface area (Å²) in [7, 11) is 6.55. The van der Waals surface area contributed by atoms with E-state index in [0.29, 0.717) is 41.5 Å². The summed E-state index contributed by atoms with van der Waals surface area (Å²) in [5, 5.41) is 7.04. The lowest BCUT2D eigenvalue weighted by Crippen LogP contribution is -2.37. The Hall–Kier alpha value is -1.94. The van der Waals surface area contributed by atoms with Gasteiger partial charge < -0.3 is 24.8 Å². The zero-order valence-corrected chi connectivity index (χ0v) is 19.5. The van der Waals surface area contributed by atoms with Gasteiger partial charge in [0.1, 0.15) is 10.9 Å². The second-order valence-corrected chi connectivity index (χ2v) is 6.00. The molecule has 0 aliphatic rings. The van der Waals surface area contributed by atoms with Crippen LogP contribution in [0, 0.1) is 0 Å². The van der Waals surface area contributed by atoms with E-state index in [0.717, 1.165) is 17.5 Å². The molecule has 0 atom stereocenters. The summed E-state index contributed by atoms with van der Waals surface area (Å²) >= 11 is 5.80. The first-order chi connectivity index (χ1) is 13.1. The molecule has 7 nitrogen and oxygen atoms in total. The minimum absolute atomic E-state index is 0. The standard InChI is InChI=1S/C19H25ClN4O3.HI/c1-21-19(22-8-7-13-5-6-18(20)23-11-13)24-12-14-9-16(26-3)17(27-4)10-15(14)25-2;/h5-6,9-11H,7-8,12H2,1-4H3,(H2,21,22,24);1H. The molecule has 2 rings (SSSR count). The Morgan fingerprint density at radius 3 is 2.29 bits per heavy atom. The first-order valence-corrected chi connectivity index (χ1v) is 8.82. The number of nitrogens with one attached hydrogen (secondary N) is 2. The third-order valence-electron chi connectivity index (χ3n) is 3.95. The molecule has 0 amide bonds. The smallest absolute Gasteiger partial charge is 0.191 e. The number of nitrogens with zero attached hydrogens (tertiary/aromatic N) is 2. The van der Waals surface area contributed by atoms with E-state index in [2.05, 4.69) is 20.6 Å². The van der Waals surface area contributed by atoms with Crippen LogP contribution in [0.2, 0.25) is 5.15 Å². The van der Waals surface area contributed by atoms with Gasteiger partial charge in [0.15, 0.2) is 17.5 Å². The van der Waals surface area contributed by atoms with Gasteiger partial charge in [-0.3, -0.25) is 4.99 Å². The molecule has 0 saturated heterocycles. The SMILES string of the molecule is CN=C(NCCc1ccc(Cl)nc1)NCc1cc(OC)c(OC)cc1OC.I. The number of guanidine groups is 1. The van der Waals surface area contributed by atoms with E-state index in [1.54, 1.807) is 46.7 Å². The topological polar surface area (TPSA) is 77.0 Å². The second kappa shape index (κ2) is 12.5. The second-order valence-electron chi connectivity index (χ2n) is 5.61. The lowest BCUT2D eigenvalue weighted by molar-refractivity contribution is 0.347. The molecule has 1 aromatic heterocycles. The maximum atomic E-state index is 5.80. The van der Waals surface area contributed by atoms with Gasteiger partial charge in [-0.1, -0.05) is 17.7 Å². The number of hydrogen-bond donors (Lipinski definition) is 2. The van der Waals surface area contributed by atoms with Crippen molar-refractivity contribution in [3.63, 3.8) is 0 Å². The van der Waals surface area contributed by atoms with E-state index in [4.69, 9.17) is 25.8 Å². The van der Waals surface area contributed by atoms with Crippen LogP contribution < -0.4 is 24.8 Å². The highest BCUT2D eigenvalue weighted by atomic mass is 127. The Morgan fingerprint density at radius 1 is 1.04 bits per heavy atom. The van der Waals surface area contributed by atoms with E-state index in [9.17, 15) is 0 Å². The number of halogens is 2. The van der Waals surface area contributed by atoms with Crippen LogP contribution in [0.1, 0.15) is 11.1 Å². The van der Waals surface area contributed by atoms with Crippen molar-refractivity contribution < 1.29 is 14.2 Å². The molecule has 0 bridgehead atoms. The third kappa shape index (κ3) is 6.90. The Bertz CT molecular complexity index is 773. The maximum Gasteiger partial charge on any atom is 0.191 e. The summed E-state index contributed by atoms with van der Waals surface area (Å²) in [5.74, 6) is 2.67. The van der Waals surface area contributed by atoms with E-state index in [-0.39, 0.29) is 24.0 Å². The van der Waals surface area contributed by atoms with Gasteiger partial charge in [0.05, 0.1) is 21.3 Å². The highest BCUT2D eigenvalue weighted by molar-refractivity contribution is 14.0. The molecule has 1 aromatic carbocycles. The molecule has 0 fully saturated rings. The van der Waals surface area contributed by atoms with Crippen LogP contribution in [0.25, 0.3) is 0 Å². The average Bonchev–Trinajstić information content (AvgIpc) is 2.71. The van der Waals surface area contributed by atoms with Crippen molar-refractivity contribution in [2.24, 2.45) is 4.99 Å². The van der Waals surface area contributed by atoms with E-state index >= 15 is 0 Å². The van der Waals surface area contributed by atoms with Gasteiger partial charge in [-0.25, -0.2) is 4.98 Å². The molecule has 0 aliphatic heterocycles. The predicted molar refractivity (Wildman–Crippen MR) is 123 cm³/mol. The Labute approximate surface area is 187 Å². The minimum atomic E-state index is 0. The van der Waals surface area contributed by atoms with Crippen molar-refractivity contribution in [2.45, 2.75) is 13.0 Å². The van der Waals surface area contributed by atoms with Gasteiger partial charge >= 0.3 is 0 Å². The lowest BCUT2D eigenvalue weighted by Gasteiger charge is -2.16. The predicted octanol–water partition coefficient (Wildman–Crippen LogP) is 3.29. The summed E-state index contributed by atoms with van der Waals surface area (Å²) in [5.41, 5.74) is 2.03. The number of rotatable bonds is 8. The number of aliphatic imine (C=N–C) groups is 1. The maximum absolute atomic E-state index is 5.80. The van der Waals surface area contributed by atoms with Crippen molar-refractivity contribution in [3.8, 4) is 17.2 Å². The van der Waals surface area contributed by atoms with Gasteiger partial charge in [-0.05, 0) is 24.1 Å². The number of hydrogen-bond acceptors (Lipinski definition) is 5. The molecule has 0 saturated carbocycles. The van der Waals surface area contributed by atoms with E-state index in [1.807, 2.05) is 12.1 Å². The molecule has 9 heteroatoms. The van der Waals surface area contributed by atoms with Gasteiger partial charge in [-0.2, -0.15) is 0 Å². The number of methoxy groups -OCH3 is 3. The van der Waals surface area contributed by atoms with Crippen LogP contribution >= 0.6 is 35.6 Å². The fourth-order valence-electron chi connectivity index (χ4n) is 2.51. The monoisotopic (exact) mass is 520 g/mol. The van der Waals surface area contributed by atoms with Crippen LogP contribution in [0.15, 0.2) is 35.5 Å². The summed E-state index contributed by atoms with van der Waals surface area (Å²) in [6.07, 6.45) is 2.58. The highest BCUT2D eigenvalue weighted by Gasteiger charge is 2.12. The third-order valence-corrected chi connectivity index (χ3v) is 4.17. The largest absolute Gasteiger partial charge is 0.496 e. The Balaban J connectivity index is 0.00000392. The molecule has 0 radical (unpaired) electrons. The van der Waals surface area contributed by atoms with E-state index in [1.165, 1.54) is 0 Å². The van der Waals surface area contributed by atoms with Crippen molar-refractivity contribution in [2.75, 3.05) is 34.9 Å². The zero-order valence-electron chi connectivity index (χ0n) is 16.4. The highest BCUT2D eigenvalue weighted by Crippen LogP contribution is 2.34. The fraction of sp³-hybridized carbons (Fsp3) is 0.368. The summed E-state index contributed by atoms with van der Waals surface area (Å²) in [4.78, 5) is 8.32. The molecule has 154 valence electrons. The summed E-state index contributed by atoms with van der Waals surface area (Å²) < 4.78 is 16.1. The van der Waals surface area contributed by atoms with E-state index < -0.39 is 0 Å². The zero-order chi connectivity index (χ0) is 19.6. The molecule has 1 heterocycles. The molecule has 0 spiro atoms. The van der Waals surface area contributed by atoms with Gasteiger partial charge in [0, 0.05) is 38.0 Å². The van der Waals surface area contributed by atoms with Crippen molar-refractivity contribution in [1.82, 2.24) is 15.6 Å². The first kappa shape index (κ1) is 24.1. The minimum Gasteiger partial charge on any atom is -0.496 e. The number of aromatic nitrogens is 1. The fourth-order valence-corrected chi connectivity index (χ4v) is 2.62. The van der Waals surface area contributed by atoms with Crippen molar-refractivity contribution >= 4 is 41.5 Å². The van der Waals surface area contributed by atoms with Crippen LogP contribution in [-0.2, 0) is 13.0 Å². The number of ether oxygens (including phenoxy) is 3. The van der Waals surface area contributed by atoms with Crippen molar-refractivity contribution in [1.29, 1.82) is 0 Å². The number of pyridine rings is 1. The van der Waals surface area contributed by atoms with Gasteiger partial charge in [0.25, 0.3) is 0 Å². The average molecular weight is 521 g/mol. The molecule has 28 heavy (non-hydrogen) atoms. The molecule has 0 unspecified atom stereocenters. The molecular weight excluding hydrogens is 495 g/mol. The first-order valence-electron chi connectivity index (χ1n) is 8.45. The van der Waals surface area contributed by atoms with Gasteiger partial charge in [-0.15, -0.1) is 24.0 Å². The Kier molecular flexibility index (Phi) is 10.8. The Morgan fingerprint density at radius 2 is 1.71 bits per heavy atom. The van der Waals surface area contributed by atoms with Crippen LogP contribution in [0.4, 0.5) is 0 Å². The van der Waals surface area contributed by atoms with Gasteiger partial charge in [0.2, 0.25) is 0 Å². The summed E-state index contributed by atoms with van der Waals surface area (Å²) in [6, 6.07) is 7.44. The van der Waals surface area contributed by atoms with Crippen LogP contribution in [-0.4, -0.2) is 45.9 Å². The van der Waals surface area contributed by atoms with Crippen LogP contribution in [0.3, 0.4) is 0 Å². The molecular formula is C19H26ClIN4O3. The molecule has 2 aromatic rings. The summed E-state index contributed by atoms with van der Waals surface area (Å²) in [6.45, 7) is 1.23. The lowest BCUT2D eigenvalue weighted by atomic mass is 10.1. The quantitative estimate of drug-likeness (QED) is 0.241. The normalized spacial score (nSPS) is 10.7. The van der Waals surface area contributed by atoms with Crippen molar-refractivity contribution in [3.05, 3.63) is 46.7 Å². The van der Waals surface area contributed by atoms with Crippen LogP contribution in [0.5, 0.6) is 17.2 Å². The molecule has 2 N–H and O–H groups in total. The number of benzene rings is 1. The molecule has 0 aliphatic carbocycles.